The normalized spacial score (nSPS) is 29.2. The second-order valence-corrected chi connectivity index (χ2v) is 16.9. The van der Waals surface area contributed by atoms with Crippen molar-refractivity contribution < 1.29 is 56.5 Å². The van der Waals surface area contributed by atoms with Crippen LogP contribution in [0.4, 0.5) is 0 Å². The van der Waals surface area contributed by atoms with E-state index in [4.69, 9.17) is 47.2 Å². The van der Waals surface area contributed by atoms with Crippen LogP contribution in [0.5, 0.6) is 0 Å². The lowest BCUT2D eigenvalue weighted by atomic mass is 9.95. The molecule has 0 amide bonds. The number of unbranched alkanes of at least 4 members (excludes halogenated alkanes) is 6. The van der Waals surface area contributed by atoms with Gasteiger partial charge in [0.2, 0.25) is 0 Å². The Bertz CT molecular complexity index is 1010. The maximum atomic E-state index is 14.8. The first kappa shape index (κ1) is 49.4. The van der Waals surface area contributed by atoms with Gasteiger partial charge in [0.15, 0.2) is 12.4 Å². The molecule has 0 spiro atoms. The van der Waals surface area contributed by atoms with Crippen molar-refractivity contribution >= 4 is 13.5 Å². The highest BCUT2D eigenvalue weighted by atomic mass is 31.2. The van der Waals surface area contributed by atoms with E-state index in [9.17, 15) is 9.36 Å². The van der Waals surface area contributed by atoms with Crippen molar-refractivity contribution in [3.63, 3.8) is 0 Å². The molecule has 2 aliphatic rings. The third-order valence-electron chi connectivity index (χ3n) is 9.59. The Morgan fingerprint density at radius 2 is 1.24 bits per heavy atom. The predicted molar refractivity (Wildman–Crippen MR) is 210 cm³/mol. The number of ether oxygens (including phenoxy) is 9. The molecule has 11 atom stereocenters. The van der Waals surface area contributed by atoms with Crippen LogP contribution >= 0.6 is 7.52 Å². The Morgan fingerprint density at radius 1 is 0.704 bits per heavy atom. The fourth-order valence-electron chi connectivity index (χ4n) is 6.46. The van der Waals surface area contributed by atoms with E-state index in [2.05, 4.69) is 46.6 Å². The summed E-state index contributed by atoms with van der Waals surface area (Å²) in [6.45, 7) is 20.7. The van der Waals surface area contributed by atoms with Gasteiger partial charge in [-0.25, -0.2) is 5.09 Å². The first-order valence-electron chi connectivity index (χ1n) is 21.2. The highest BCUT2D eigenvalue weighted by molar-refractivity contribution is 7.56. The quantitative estimate of drug-likeness (QED) is 0.0434. The molecule has 2 saturated heterocycles. The maximum Gasteiger partial charge on any atom is 0.303 e. The largest absolute Gasteiger partial charge is 0.457 e. The molecule has 7 unspecified atom stereocenters. The van der Waals surface area contributed by atoms with E-state index in [1.807, 2.05) is 6.92 Å². The molecular weight excluding hydrogens is 717 g/mol. The Hall–Kier alpha value is -0.700. The monoisotopic (exact) mass is 796 g/mol. The smallest absolute Gasteiger partial charge is 0.303 e. The van der Waals surface area contributed by atoms with Gasteiger partial charge in [-0.2, -0.15) is 0 Å². The summed E-state index contributed by atoms with van der Waals surface area (Å²) in [6, 6.07) is -0.750. The zero-order valence-electron chi connectivity index (χ0n) is 35.3. The highest BCUT2D eigenvalue weighted by Gasteiger charge is 2.55. The second kappa shape index (κ2) is 28.7. The molecular formula is C40H78NO12P. The highest BCUT2D eigenvalue weighted by Crippen LogP contribution is 2.47. The fourth-order valence-corrected chi connectivity index (χ4v) is 8.05. The van der Waals surface area contributed by atoms with Crippen LogP contribution in [0.15, 0.2) is 0 Å². The topological polar surface area (TPSA) is 138 Å². The fraction of sp³-hybridized carbons (Fsp3) is 0.975. The van der Waals surface area contributed by atoms with Crippen LogP contribution in [-0.4, -0.2) is 127 Å². The van der Waals surface area contributed by atoms with Gasteiger partial charge in [0.05, 0.1) is 25.4 Å². The first-order valence-corrected chi connectivity index (χ1v) is 23.3. The van der Waals surface area contributed by atoms with Crippen molar-refractivity contribution in [2.45, 2.75) is 194 Å². The Kier molecular flexibility index (Phi) is 26.2. The maximum absolute atomic E-state index is 14.8. The van der Waals surface area contributed by atoms with E-state index in [-0.39, 0.29) is 13.2 Å². The Morgan fingerprint density at radius 3 is 1.83 bits per heavy atom. The summed E-state index contributed by atoms with van der Waals surface area (Å²) >= 11 is 0. The lowest BCUT2D eigenvalue weighted by Gasteiger charge is -2.51. The molecule has 0 radical (unpaired) electrons. The lowest BCUT2D eigenvalue weighted by Crippen LogP contribution is -2.68. The van der Waals surface area contributed by atoms with Crippen LogP contribution < -0.4 is 5.09 Å². The molecule has 13 nitrogen and oxygen atoms in total. The zero-order valence-corrected chi connectivity index (χ0v) is 36.2. The van der Waals surface area contributed by atoms with Crippen LogP contribution in [0.3, 0.4) is 0 Å². The summed E-state index contributed by atoms with van der Waals surface area (Å²) < 4.78 is 79.7. The van der Waals surface area contributed by atoms with E-state index < -0.39 is 74.7 Å². The number of fused-ring (bicyclic) bond motifs is 1. The van der Waals surface area contributed by atoms with E-state index in [0.717, 1.165) is 77.0 Å². The molecule has 0 saturated carbocycles. The van der Waals surface area contributed by atoms with E-state index in [0.29, 0.717) is 39.6 Å². The second-order valence-electron chi connectivity index (χ2n) is 14.7. The molecule has 54 heavy (non-hydrogen) atoms. The van der Waals surface area contributed by atoms with Gasteiger partial charge in [0.1, 0.15) is 36.6 Å². The van der Waals surface area contributed by atoms with Crippen LogP contribution in [0.2, 0.25) is 0 Å². The first-order chi connectivity index (χ1) is 26.1. The van der Waals surface area contributed by atoms with Crippen LogP contribution in [0, 0.1) is 0 Å². The molecule has 320 valence electrons. The van der Waals surface area contributed by atoms with Crippen molar-refractivity contribution in [2.75, 3.05) is 59.5 Å². The average molecular weight is 796 g/mol. The minimum Gasteiger partial charge on any atom is -0.457 e. The van der Waals surface area contributed by atoms with Gasteiger partial charge in [-0.3, -0.25) is 9.36 Å². The van der Waals surface area contributed by atoms with E-state index >= 15 is 0 Å². The van der Waals surface area contributed by atoms with Crippen molar-refractivity contribution in [2.24, 2.45) is 0 Å². The van der Waals surface area contributed by atoms with Crippen molar-refractivity contribution in [1.82, 2.24) is 5.09 Å². The lowest BCUT2D eigenvalue weighted by molar-refractivity contribution is -0.319. The Labute approximate surface area is 327 Å². The van der Waals surface area contributed by atoms with Gasteiger partial charge in [0.25, 0.3) is 7.52 Å². The summed E-state index contributed by atoms with van der Waals surface area (Å²) in [5, 5.41) is 3.27. The predicted octanol–water partition coefficient (Wildman–Crippen LogP) is 7.60. The third kappa shape index (κ3) is 17.8. The standard InChI is InChI=1S/C40H78NO12P/c1-10-16-22-44-28-32-36(48-26-20-14-5)38(49-27-21-15-6)34-40(51-32)52-39(35(47-25-19-13-4)30(7)46-24-18-12-3)37(53-54(9,43)41-34)33(50-31(8)42)29-45-23-17-11-2/h30,32-40H,10-29H2,1-9H3,(H,41,43)/t30?,32?,33-,34?,35+,36-,37?,38?,39?,40-,54?/m1/s1. The summed E-state index contributed by atoms with van der Waals surface area (Å²) in [7, 11) is -3.71. The van der Waals surface area contributed by atoms with Gasteiger partial charge in [-0.1, -0.05) is 80.1 Å². The van der Waals surface area contributed by atoms with Crippen molar-refractivity contribution in [1.29, 1.82) is 0 Å². The van der Waals surface area contributed by atoms with Gasteiger partial charge in [0, 0.05) is 53.2 Å². The molecule has 2 fully saturated rings. The number of rotatable bonds is 30. The van der Waals surface area contributed by atoms with Gasteiger partial charge in [-0.05, 0) is 45.4 Å². The molecule has 0 aliphatic carbocycles. The minimum atomic E-state index is -3.71. The summed E-state index contributed by atoms with van der Waals surface area (Å²) in [5.74, 6) is -0.523. The molecule has 0 bridgehead atoms. The summed E-state index contributed by atoms with van der Waals surface area (Å²) in [5.41, 5.74) is 0. The number of nitrogens with one attached hydrogen (secondary N) is 1. The van der Waals surface area contributed by atoms with Crippen LogP contribution in [-0.2, 0) is 56.5 Å². The van der Waals surface area contributed by atoms with Gasteiger partial charge >= 0.3 is 5.97 Å². The third-order valence-corrected chi connectivity index (χ3v) is 11.0. The van der Waals surface area contributed by atoms with Gasteiger partial charge < -0.3 is 47.2 Å². The minimum absolute atomic E-state index is 0.00972. The number of carbonyl (C=O) groups is 1. The number of esters is 1. The van der Waals surface area contributed by atoms with E-state index in [1.165, 1.54) is 13.6 Å². The SMILES string of the molecule is CCCCOCC1O[C@@H]2OC([C@@H](OCCCC)C(C)OCCCC)C([C@@H](COCCCC)OC(C)=O)OP(C)(=O)NC2C(OCCCC)[C@@H]1OCCCC. The summed E-state index contributed by atoms with van der Waals surface area (Å²) in [6.07, 6.45) is 3.96. The number of carbonyl (C=O) groups excluding carboxylic acids is 1. The van der Waals surface area contributed by atoms with Crippen LogP contribution in [0.1, 0.15) is 132 Å². The van der Waals surface area contributed by atoms with Gasteiger partial charge in [-0.15, -0.1) is 0 Å². The van der Waals surface area contributed by atoms with Crippen molar-refractivity contribution in [3.8, 4) is 0 Å². The number of hydrogen-bond donors (Lipinski definition) is 1. The molecule has 0 aromatic rings. The molecule has 2 aliphatic heterocycles. The van der Waals surface area contributed by atoms with E-state index in [1.54, 1.807) is 0 Å². The average Bonchev–Trinajstić information content (AvgIpc) is 3.13. The van der Waals surface area contributed by atoms with Crippen molar-refractivity contribution in [3.05, 3.63) is 0 Å². The molecule has 1 N–H and O–H groups in total. The molecule has 0 aromatic heterocycles. The Balaban J connectivity index is 2.75. The zero-order chi connectivity index (χ0) is 39.8. The molecule has 2 rings (SSSR count). The molecule has 0 aromatic carbocycles. The van der Waals surface area contributed by atoms with Crippen LogP contribution in [0.25, 0.3) is 0 Å². The molecule has 2 heterocycles. The number of hydrogen-bond acceptors (Lipinski definition) is 12. The molecule has 14 heteroatoms. The summed E-state index contributed by atoms with van der Waals surface area (Å²) in [4.78, 5) is 12.6.